The zero-order valence-electron chi connectivity index (χ0n) is 16.0. The minimum absolute atomic E-state index is 0.146. The van der Waals surface area contributed by atoms with Crippen molar-refractivity contribution in [1.82, 2.24) is 20.4 Å². The summed E-state index contributed by atoms with van der Waals surface area (Å²) in [6.07, 6.45) is 6.58. The second-order valence-corrected chi connectivity index (χ2v) is 7.92. The van der Waals surface area contributed by atoms with Crippen LogP contribution in [0, 0.1) is 12.8 Å². The first-order valence-corrected chi connectivity index (χ1v) is 10.1. The molecule has 2 fully saturated rings. The first kappa shape index (κ1) is 18.2. The van der Waals surface area contributed by atoms with E-state index < -0.39 is 0 Å². The summed E-state index contributed by atoms with van der Waals surface area (Å²) in [4.78, 5) is 19.3. The van der Waals surface area contributed by atoms with E-state index >= 15 is 0 Å². The molecule has 144 valence electrons. The van der Waals surface area contributed by atoms with Gasteiger partial charge in [0.15, 0.2) is 0 Å². The number of benzene rings is 1. The van der Waals surface area contributed by atoms with Crippen molar-refractivity contribution in [3.63, 3.8) is 0 Å². The Morgan fingerprint density at radius 2 is 2.00 bits per heavy atom. The van der Waals surface area contributed by atoms with Gasteiger partial charge in [0.1, 0.15) is 0 Å². The van der Waals surface area contributed by atoms with Gasteiger partial charge in [-0.3, -0.25) is 9.69 Å². The zero-order chi connectivity index (χ0) is 18.6. The summed E-state index contributed by atoms with van der Waals surface area (Å²) >= 11 is 0. The number of nitrogens with one attached hydrogen (secondary N) is 1. The fraction of sp³-hybridized carbons (Fsp3) is 0.571. The molecule has 1 aliphatic heterocycles. The predicted molar refractivity (Wildman–Crippen MR) is 103 cm³/mol. The van der Waals surface area contributed by atoms with Crippen LogP contribution < -0.4 is 5.32 Å². The lowest BCUT2D eigenvalue weighted by Crippen LogP contribution is -2.43. The largest absolute Gasteiger partial charge is 0.353 e. The SMILES string of the molecule is Cc1cccc(-c2noc(CN3CCC(C(=O)NC4CCCC4)CC3)n2)c1. The molecule has 1 N–H and O–H groups in total. The minimum atomic E-state index is 0.146. The topological polar surface area (TPSA) is 71.3 Å². The van der Waals surface area contributed by atoms with E-state index in [1.54, 1.807) is 0 Å². The molecule has 0 atom stereocenters. The number of hydrogen-bond donors (Lipinski definition) is 1. The van der Waals surface area contributed by atoms with Crippen LogP contribution in [0.2, 0.25) is 0 Å². The molecule has 0 radical (unpaired) electrons. The number of aromatic nitrogens is 2. The molecule has 1 aliphatic carbocycles. The van der Waals surface area contributed by atoms with E-state index in [-0.39, 0.29) is 11.8 Å². The number of rotatable bonds is 5. The Balaban J connectivity index is 1.27. The van der Waals surface area contributed by atoms with Crippen molar-refractivity contribution in [2.45, 2.75) is 58.0 Å². The Bertz CT molecular complexity index is 774. The molecular weight excluding hydrogens is 340 g/mol. The fourth-order valence-corrected chi connectivity index (χ4v) is 4.15. The second kappa shape index (κ2) is 8.21. The first-order valence-electron chi connectivity index (χ1n) is 10.1. The Labute approximate surface area is 160 Å². The Morgan fingerprint density at radius 3 is 2.74 bits per heavy atom. The standard InChI is InChI=1S/C21H28N4O2/c1-15-5-4-6-17(13-15)20-23-19(27-24-20)14-25-11-9-16(10-12-25)21(26)22-18-7-2-3-8-18/h4-6,13,16,18H,2-3,7-12,14H2,1H3,(H,22,26). The maximum atomic E-state index is 12.4. The molecule has 0 spiro atoms. The van der Waals surface area contributed by atoms with Gasteiger partial charge in [-0.25, -0.2) is 0 Å². The van der Waals surface area contributed by atoms with E-state index in [0.717, 1.165) is 44.3 Å². The maximum absolute atomic E-state index is 12.4. The summed E-state index contributed by atoms with van der Waals surface area (Å²) in [6.45, 7) is 4.49. The van der Waals surface area contributed by atoms with Gasteiger partial charge in [0.05, 0.1) is 6.54 Å². The number of piperidine rings is 1. The summed E-state index contributed by atoms with van der Waals surface area (Å²) in [7, 11) is 0. The van der Waals surface area contributed by atoms with E-state index in [1.165, 1.54) is 18.4 Å². The molecule has 0 bridgehead atoms. The number of aryl methyl sites for hydroxylation is 1. The molecule has 1 aromatic heterocycles. The second-order valence-electron chi connectivity index (χ2n) is 7.92. The minimum Gasteiger partial charge on any atom is -0.353 e. The van der Waals surface area contributed by atoms with Crippen LogP contribution in [0.5, 0.6) is 0 Å². The van der Waals surface area contributed by atoms with E-state index in [1.807, 2.05) is 12.1 Å². The summed E-state index contributed by atoms with van der Waals surface area (Å²) in [5.41, 5.74) is 2.16. The number of carbonyl (C=O) groups is 1. The third-order valence-electron chi connectivity index (χ3n) is 5.76. The third kappa shape index (κ3) is 4.56. The molecule has 0 unspecified atom stereocenters. The van der Waals surface area contributed by atoms with Crippen LogP contribution in [-0.4, -0.2) is 40.1 Å². The molecule has 4 rings (SSSR count). The van der Waals surface area contributed by atoms with Gasteiger partial charge in [0.2, 0.25) is 17.6 Å². The van der Waals surface area contributed by atoms with Crippen LogP contribution >= 0.6 is 0 Å². The zero-order valence-corrected chi connectivity index (χ0v) is 16.0. The first-order chi connectivity index (χ1) is 13.2. The average molecular weight is 368 g/mol. The molecule has 2 aliphatic rings. The Hall–Kier alpha value is -2.21. The van der Waals surface area contributed by atoms with E-state index in [0.29, 0.717) is 24.3 Å². The van der Waals surface area contributed by atoms with Gasteiger partial charge in [-0.2, -0.15) is 4.98 Å². The summed E-state index contributed by atoms with van der Waals surface area (Å²) < 4.78 is 5.44. The van der Waals surface area contributed by atoms with Gasteiger partial charge in [0, 0.05) is 17.5 Å². The van der Waals surface area contributed by atoms with Gasteiger partial charge in [-0.05, 0) is 51.8 Å². The lowest BCUT2D eigenvalue weighted by molar-refractivity contribution is -0.127. The van der Waals surface area contributed by atoms with E-state index in [9.17, 15) is 4.79 Å². The fourth-order valence-electron chi connectivity index (χ4n) is 4.15. The van der Waals surface area contributed by atoms with Gasteiger partial charge < -0.3 is 9.84 Å². The van der Waals surface area contributed by atoms with Gasteiger partial charge >= 0.3 is 0 Å². The van der Waals surface area contributed by atoms with Crippen LogP contribution in [0.1, 0.15) is 50.0 Å². The number of carbonyl (C=O) groups excluding carboxylic acids is 1. The summed E-state index contributed by atoms with van der Waals surface area (Å²) in [5.74, 6) is 1.67. The quantitative estimate of drug-likeness (QED) is 0.877. The number of hydrogen-bond acceptors (Lipinski definition) is 5. The highest BCUT2D eigenvalue weighted by molar-refractivity contribution is 5.79. The normalized spacial score (nSPS) is 19.4. The molecule has 27 heavy (non-hydrogen) atoms. The van der Waals surface area contributed by atoms with Crippen LogP contribution in [0.15, 0.2) is 28.8 Å². The average Bonchev–Trinajstić information content (AvgIpc) is 3.34. The molecule has 1 amide bonds. The number of nitrogens with zero attached hydrogens (tertiary/aromatic N) is 3. The lowest BCUT2D eigenvalue weighted by Gasteiger charge is -2.30. The summed E-state index contributed by atoms with van der Waals surface area (Å²) in [6, 6.07) is 8.52. The van der Waals surface area contributed by atoms with Crippen LogP contribution in [0.3, 0.4) is 0 Å². The van der Waals surface area contributed by atoms with Gasteiger partial charge in [0.25, 0.3) is 0 Å². The smallest absolute Gasteiger partial charge is 0.241 e. The van der Waals surface area contributed by atoms with Crippen molar-refractivity contribution in [2.75, 3.05) is 13.1 Å². The molecule has 1 saturated carbocycles. The molecule has 1 aromatic carbocycles. The highest BCUT2D eigenvalue weighted by atomic mass is 16.5. The molecule has 2 heterocycles. The predicted octanol–water partition coefficient (Wildman–Crippen LogP) is 3.32. The van der Waals surface area contributed by atoms with Crippen molar-refractivity contribution in [3.05, 3.63) is 35.7 Å². The molecule has 6 heteroatoms. The molecule has 6 nitrogen and oxygen atoms in total. The van der Waals surface area contributed by atoms with Crippen LogP contribution in [0.25, 0.3) is 11.4 Å². The van der Waals surface area contributed by atoms with Crippen molar-refractivity contribution >= 4 is 5.91 Å². The summed E-state index contributed by atoms with van der Waals surface area (Å²) in [5, 5.41) is 7.36. The highest BCUT2D eigenvalue weighted by Crippen LogP contribution is 2.23. The van der Waals surface area contributed by atoms with E-state index in [4.69, 9.17) is 4.52 Å². The number of amides is 1. The maximum Gasteiger partial charge on any atom is 0.241 e. The van der Waals surface area contributed by atoms with Crippen molar-refractivity contribution in [1.29, 1.82) is 0 Å². The van der Waals surface area contributed by atoms with Crippen LogP contribution in [-0.2, 0) is 11.3 Å². The molecule has 2 aromatic rings. The molecule has 1 saturated heterocycles. The monoisotopic (exact) mass is 368 g/mol. The van der Waals surface area contributed by atoms with Gasteiger partial charge in [-0.15, -0.1) is 0 Å². The van der Waals surface area contributed by atoms with E-state index in [2.05, 4.69) is 39.4 Å². The Kier molecular flexibility index (Phi) is 5.53. The van der Waals surface area contributed by atoms with Crippen molar-refractivity contribution < 1.29 is 9.32 Å². The van der Waals surface area contributed by atoms with Crippen molar-refractivity contribution in [3.8, 4) is 11.4 Å². The third-order valence-corrected chi connectivity index (χ3v) is 5.76. The lowest BCUT2D eigenvalue weighted by atomic mass is 9.95. The van der Waals surface area contributed by atoms with Gasteiger partial charge in [-0.1, -0.05) is 41.8 Å². The highest BCUT2D eigenvalue weighted by Gasteiger charge is 2.28. The molecular formula is C21H28N4O2. The van der Waals surface area contributed by atoms with Crippen molar-refractivity contribution in [2.24, 2.45) is 5.92 Å². The van der Waals surface area contributed by atoms with Crippen LogP contribution in [0.4, 0.5) is 0 Å². The number of likely N-dealkylation sites (tertiary alicyclic amines) is 1. The Morgan fingerprint density at radius 1 is 1.22 bits per heavy atom.